The molecule has 0 bridgehead atoms. The van der Waals surface area contributed by atoms with Crippen LogP contribution in [0.15, 0.2) is 6.07 Å². The van der Waals surface area contributed by atoms with Crippen LogP contribution in [0, 0.1) is 17.8 Å². The molecule has 0 amide bonds. The van der Waals surface area contributed by atoms with Gasteiger partial charge in [0.05, 0.1) is 24.7 Å². The lowest BCUT2D eigenvalue weighted by atomic mass is 9.94. The van der Waals surface area contributed by atoms with E-state index in [0.717, 1.165) is 23.1 Å². The molecule has 1 fully saturated rings. The third-order valence-corrected chi connectivity index (χ3v) is 4.26. The first kappa shape index (κ1) is 12.0. The Labute approximate surface area is 106 Å². The van der Waals surface area contributed by atoms with Gasteiger partial charge < -0.3 is 4.74 Å². The molecule has 16 heavy (non-hydrogen) atoms. The molecule has 1 saturated heterocycles. The summed E-state index contributed by atoms with van der Waals surface area (Å²) in [5.41, 5.74) is 1.11. The second-order valence-electron chi connectivity index (χ2n) is 5.05. The summed E-state index contributed by atoms with van der Waals surface area (Å²) < 4.78 is 5.88. The minimum atomic E-state index is 0.147. The van der Waals surface area contributed by atoms with E-state index >= 15 is 0 Å². The monoisotopic (exact) mass is 254 g/mol. The number of hydrogen-bond donors (Lipinski definition) is 0. The molecular weight excluding hydrogens is 240 g/mol. The molecule has 0 spiro atoms. The molecule has 0 aromatic carbocycles. The molecule has 1 aliphatic rings. The zero-order valence-corrected chi connectivity index (χ0v) is 11.3. The summed E-state index contributed by atoms with van der Waals surface area (Å²) in [6.07, 6.45) is 0. The van der Waals surface area contributed by atoms with Crippen LogP contribution in [0.25, 0.3) is 0 Å². The topological polar surface area (TPSA) is 9.23 Å². The normalized spacial score (nSPS) is 16.5. The smallest absolute Gasteiger partial charge is 0.109 e. The quantitative estimate of drug-likeness (QED) is 0.642. The van der Waals surface area contributed by atoms with E-state index in [1.54, 1.807) is 11.3 Å². The predicted octanol–water partition coefficient (Wildman–Crippen LogP) is 3.70. The Bertz CT molecular complexity index is 441. The van der Waals surface area contributed by atoms with Crippen molar-refractivity contribution in [2.75, 3.05) is 13.2 Å². The van der Waals surface area contributed by atoms with Gasteiger partial charge in [0.1, 0.15) is 4.34 Å². The van der Waals surface area contributed by atoms with Crippen molar-refractivity contribution in [1.82, 2.24) is 0 Å². The van der Waals surface area contributed by atoms with E-state index in [1.165, 1.54) is 4.88 Å². The molecular formula is C13H15ClOS. The maximum Gasteiger partial charge on any atom is 0.109 e. The predicted molar refractivity (Wildman–Crippen MR) is 69.2 cm³/mol. The Balaban J connectivity index is 2.20. The second kappa shape index (κ2) is 4.41. The van der Waals surface area contributed by atoms with Crippen LogP contribution in [0.5, 0.6) is 0 Å². The fourth-order valence-electron chi connectivity index (χ4n) is 1.32. The minimum absolute atomic E-state index is 0.147. The highest BCUT2D eigenvalue weighted by Crippen LogP contribution is 2.35. The van der Waals surface area contributed by atoms with E-state index < -0.39 is 0 Å². The number of thiophene rings is 1. The van der Waals surface area contributed by atoms with Crippen LogP contribution in [0.3, 0.4) is 0 Å². The molecule has 3 heteroatoms. The van der Waals surface area contributed by atoms with E-state index in [-0.39, 0.29) is 5.41 Å². The molecule has 0 atom stereocenters. The van der Waals surface area contributed by atoms with Gasteiger partial charge in [-0.25, -0.2) is 0 Å². The van der Waals surface area contributed by atoms with E-state index in [2.05, 4.69) is 38.7 Å². The number of hydrogen-bond acceptors (Lipinski definition) is 2. The molecule has 1 aromatic rings. The fourth-order valence-corrected chi connectivity index (χ4v) is 2.57. The van der Waals surface area contributed by atoms with Crippen LogP contribution in [0.2, 0.25) is 4.34 Å². The van der Waals surface area contributed by atoms with Crippen molar-refractivity contribution in [3.05, 3.63) is 20.8 Å². The summed E-state index contributed by atoms with van der Waals surface area (Å²) in [5.74, 6) is 6.74. The summed E-state index contributed by atoms with van der Waals surface area (Å²) in [5, 5.41) is 0. The zero-order chi connectivity index (χ0) is 11.8. The van der Waals surface area contributed by atoms with Gasteiger partial charge in [-0.05, 0) is 11.5 Å². The van der Waals surface area contributed by atoms with Gasteiger partial charge >= 0.3 is 0 Å². The Morgan fingerprint density at radius 1 is 1.44 bits per heavy atom. The summed E-state index contributed by atoms with van der Waals surface area (Å²) >= 11 is 7.81. The van der Waals surface area contributed by atoms with Gasteiger partial charge in [-0.15, -0.1) is 11.3 Å². The lowest BCUT2D eigenvalue weighted by Crippen LogP contribution is -2.25. The Morgan fingerprint density at radius 3 is 2.56 bits per heavy atom. The standard InChI is InChI=1S/C13H15ClOS/c1-13(2,3)11-6-10(12(14)16-11)5-4-9-7-15-8-9/h6,9H,7-8H2,1-3H3. The van der Waals surface area contributed by atoms with Gasteiger partial charge in [0.25, 0.3) is 0 Å². The van der Waals surface area contributed by atoms with Crippen LogP contribution >= 0.6 is 22.9 Å². The van der Waals surface area contributed by atoms with Crippen LogP contribution in [0.4, 0.5) is 0 Å². The first-order valence-corrected chi connectivity index (χ1v) is 6.55. The summed E-state index contributed by atoms with van der Waals surface area (Å²) in [6.45, 7) is 8.09. The maximum absolute atomic E-state index is 6.18. The van der Waals surface area contributed by atoms with Crippen molar-refractivity contribution in [3.8, 4) is 11.8 Å². The molecule has 1 nitrogen and oxygen atoms in total. The fraction of sp³-hybridized carbons (Fsp3) is 0.538. The Hall–Kier alpha value is -0.490. The van der Waals surface area contributed by atoms with E-state index in [4.69, 9.17) is 16.3 Å². The van der Waals surface area contributed by atoms with Gasteiger partial charge in [0.2, 0.25) is 0 Å². The van der Waals surface area contributed by atoms with Crippen LogP contribution in [-0.2, 0) is 10.2 Å². The second-order valence-corrected chi connectivity index (χ2v) is 6.71. The van der Waals surface area contributed by atoms with E-state index in [9.17, 15) is 0 Å². The van der Waals surface area contributed by atoms with E-state index in [0.29, 0.717) is 5.92 Å². The highest BCUT2D eigenvalue weighted by atomic mass is 35.5. The molecule has 0 unspecified atom stereocenters. The third-order valence-electron chi connectivity index (χ3n) is 2.47. The zero-order valence-electron chi connectivity index (χ0n) is 9.76. The molecule has 0 radical (unpaired) electrons. The average molecular weight is 255 g/mol. The first-order valence-electron chi connectivity index (χ1n) is 5.36. The summed E-state index contributed by atoms with van der Waals surface area (Å²) in [4.78, 5) is 1.28. The number of ether oxygens (including phenoxy) is 1. The lowest BCUT2D eigenvalue weighted by molar-refractivity contribution is -0.00300. The van der Waals surface area contributed by atoms with Crippen molar-refractivity contribution in [2.24, 2.45) is 5.92 Å². The van der Waals surface area contributed by atoms with Gasteiger partial charge in [-0.1, -0.05) is 44.2 Å². The van der Waals surface area contributed by atoms with Crippen LogP contribution in [-0.4, -0.2) is 13.2 Å². The Kier molecular flexibility index (Phi) is 3.30. The van der Waals surface area contributed by atoms with E-state index in [1.807, 2.05) is 0 Å². The minimum Gasteiger partial charge on any atom is -0.379 e. The lowest BCUT2D eigenvalue weighted by Gasteiger charge is -2.19. The highest BCUT2D eigenvalue weighted by molar-refractivity contribution is 7.16. The van der Waals surface area contributed by atoms with Crippen molar-refractivity contribution < 1.29 is 4.74 Å². The molecule has 2 rings (SSSR count). The maximum atomic E-state index is 6.18. The molecule has 2 heterocycles. The third kappa shape index (κ3) is 2.60. The van der Waals surface area contributed by atoms with Gasteiger partial charge in [-0.3, -0.25) is 0 Å². The van der Waals surface area contributed by atoms with Crippen molar-refractivity contribution in [2.45, 2.75) is 26.2 Å². The van der Waals surface area contributed by atoms with Crippen molar-refractivity contribution in [3.63, 3.8) is 0 Å². The molecule has 86 valence electrons. The van der Waals surface area contributed by atoms with Crippen LogP contribution in [0.1, 0.15) is 31.2 Å². The van der Waals surface area contributed by atoms with Gasteiger partial charge in [0, 0.05) is 4.88 Å². The van der Waals surface area contributed by atoms with Crippen molar-refractivity contribution >= 4 is 22.9 Å². The van der Waals surface area contributed by atoms with Gasteiger partial charge in [-0.2, -0.15) is 0 Å². The summed E-state index contributed by atoms with van der Waals surface area (Å²) in [6, 6.07) is 2.11. The van der Waals surface area contributed by atoms with Gasteiger partial charge in [0.15, 0.2) is 0 Å². The van der Waals surface area contributed by atoms with Crippen LogP contribution < -0.4 is 0 Å². The Morgan fingerprint density at radius 2 is 2.12 bits per heavy atom. The molecule has 0 N–H and O–H groups in total. The SMILES string of the molecule is CC(C)(C)c1cc(C#CC2COC2)c(Cl)s1. The molecule has 0 saturated carbocycles. The number of halogens is 1. The average Bonchev–Trinajstić information content (AvgIpc) is 2.44. The largest absolute Gasteiger partial charge is 0.379 e. The molecule has 0 aliphatic carbocycles. The summed E-state index contributed by atoms with van der Waals surface area (Å²) in [7, 11) is 0. The first-order chi connectivity index (χ1) is 7.47. The molecule has 1 aromatic heterocycles. The molecule has 1 aliphatic heterocycles. The van der Waals surface area contributed by atoms with Crippen molar-refractivity contribution in [1.29, 1.82) is 0 Å². The number of rotatable bonds is 0. The highest BCUT2D eigenvalue weighted by Gasteiger charge is 2.19.